The van der Waals surface area contributed by atoms with Crippen molar-refractivity contribution in [2.45, 2.75) is 26.6 Å². The largest absolute Gasteiger partial charge is 0.550 e. The van der Waals surface area contributed by atoms with Crippen LogP contribution in [0.1, 0.15) is 6.92 Å². The third kappa shape index (κ3) is 10.1. The Labute approximate surface area is 75.3 Å². The van der Waals surface area contributed by atoms with Crippen molar-refractivity contribution in [3.8, 4) is 0 Å². The van der Waals surface area contributed by atoms with Crippen LogP contribution in [-0.2, 0) is 4.43 Å². The molecule has 0 amide bonds. The van der Waals surface area contributed by atoms with Crippen molar-refractivity contribution in [3.05, 3.63) is 12.3 Å². The molecule has 0 radical (unpaired) electrons. The molecule has 0 unspecified atom stereocenters. The first kappa shape index (κ1) is 11.1. The minimum absolute atomic E-state index is 1.07. The van der Waals surface area contributed by atoms with Crippen LogP contribution in [0.2, 0.25) is 19.6 Å². The van der Waals surface area contributed by atoms with Gasteiger partial charge in [0.2, 0.25) is 8.32 Å². The van der Waals surface area contributed by atoms with E-state index in [1.54, 1.807) is 0 Å². The summed E-state index contributed by atoms with van der Waals surface area (Å²) in [6.45, 7) is 8.72. The van der Waals surface area contributed by atoms with Gasteiger partial charge in [0.1, 0.15) is 0 Å². The molecule has 0 saturated heterocycles. The summed E-state index contributed by atoms with van der Waals surface area (Å²) in [4.78, 5) is 0. The topological polar surface area (TPSA) is 9.23 Å². The van der Waals surface area contributed by atoms with Crippen molar-refractivity contribution in [1.29, 1.82) is 0 Å². The number of rotatable bonds is 5. The van der Waals surface area contributed by atoms with Crippen LogP contribution in [0.3, 0.4) is 0 Å². The van der Waals surface area contributed by atoms with Crippen molar-refractivity contribution < 1.29 is 4.43 Å². The lowest BCUT2D eigenvalue weighted by Crippen LogP contribution is -2.21. The molecule has 0 aliphatic rings. The van der Waals surface area contributed by atoms with Crippen LogP contribution in [0, 0.1) is 0 Å². The molecule has 1 nitrogen and oxygen atoms in total. The third-order valence-electron chi connectivity index (χ3n) is 0.936. The van der Waals surface area contributed by atoms with Gasteiger partial charge < -0.3 is 4.43 Å². The summed E-state index contributed by atoms with van der Waals surface area (Å²) in [7, 11) is -1.31. The van der Waals surface area contributed by atoms with E-state index in [4.69, 9.17) is 4.43 Å². The summed E-state index contributed by atoms with van der Waals surface area (Å²) in [5.41, 5.74) is 0. The zero-order valence-corrected chi connectivity index (χ0v) is 9.70. The first-order valence-corrected chi connectivity index (χ1v) is 8.53. The molecular formula is C8H18OSSi. The molecule has 0 aromatic carbocycles. The maximum atomic E-state index is 5.52. The summed E-state index contributed by atoms with van der Waals surface area (Å²) in [6, 6.07) is 0. The van der Waals surface area contributed by atoms with Gasteiger partial charge in [-0.1, -0.05) is 6.92 Å². The molecule has 0 fully saturated rings. The molecule has 0 rings (SSSR count). The zero-order chi connectivity index (χ0) is 8.74. The van der Waals surface area contributed by atoms with E-state index in [0.717, 1.165) is 5.75 Å². The van der Waals surface area contributed by atoms with Gasteiger partial charge in [-0.05, 0) is 31.5 Å². The Hall–Kier alpha value is 0.107. The predicted octanol–water partition coefficient (Wildman–Crippen LogP) is 3.10. The Balaban J connectivity index is 3.30. The van der Waals surface area contributed by atoms with Crippen molar-refractivity contribution in [3.63, 3.8) is 0 Å². The van der Waals surface area contributed by atoms with Crippen LogP contribution in [0.15, 0.2) is 12.3 Å². The smallest absolute Gasteiger partial charge is 0.241 e. The van der Waals surface area contributed by atoms with Crippen molar-refractivity contribution in [1.82, 2.24) is 0 Å². The second kappa shape index (κ2) is 5.72. The zero-order valence-electron chi connectivity index (χ0n) is 7.89. The maximum Gasteiger partial charge on any atom is 0.241 e. The number of hydrogen-bond acceptors (Lipinski definition) is 2. The van der Waals surface area contributed by atoms with Gasteiger partial charge in [0.25, 0.3) is 0 Å². The lowest BCUT2D eigenvalue weighted by molar-refractivity contribution is 0.479. The monoisotopic (exact) mass is 190 g/mol. The second-order valence-electron chi connectivity index (χ2n) is 3.26. The molecule has 11 heavy (non-hydrogen) atoms. The average molecular weight is 190 g/mol. The molecule has 0 aliphatic heterocycles. The van der Waals surface area contributed by atoms with Crippen molar-refractivity contribution in [2.75, 3.05) is 11.5 Å². The van der Waals surface area contributed by atoms with Crippen molar-refractivity contribution in [2.24, 2.45) is 0 Å². The summed E-state index contributed by atoms with van der Waals surface area (Å²) in [5, 5.41) is 0. The Kier molecular flexibility index (Phi) is 5.77. The molecule has 0 aromatic rings. The summed E-state index contributed by atoms with van der Waals surface area (Å²) in [6.07, 6.45) is 3.95. The average Bonchev–Trinajstić information content (AvgIpc) is 1.85. The van der Waals surface area contributed by atoms with Gasteiger partial charge in [-0.3, -0.25) is 0 Å². The van der Waals surface area contributed by atoms with Gasteiger partial charge in [0, 0.05) is 5.75 Å². The van der Waals surface area contributed by atoms with Crippen LogP contribution in [0.4, 0.5) is 0 Å². The van der Waals surface area contributed by atoms with E-state index in [1.165, 1.54) is 5.75 Å². The van der Waals surface area contributed by atoms with Crippen LogP contribution in [0.25, 0.3) is 0 Å². The maximum absolute atomic E-state index is 5.52. The molecule has 0 heterocycles. The number of hydrogen-bond donors (Lipinski definition) is 0. The fraction of sp³-hybridized carbons (Fsp3) is 0.750. The third-order valence-corrected chi connectivity index (χ3v) is 2.62. The van der Waals surface area contributed by atoms with Crippen LogP contribution < -0.4 is 0 Å². The molecule has 0 N–H and O–H groups in total. The highest BCUT2D eigenvalue weighted by Gasteiger charge is 2.12. The quantitative estimate of drug-likeness (QED) is 0.374. The van der Waals surface area contributed by atoms with Crippen LogP contribution >= 0.6 is 11.8 Å². The SMILES string of the molecule is CCSC/C=C\O[Si](C)(C)C. The van der Waals surface area contributed by atoms with Crippen LogP contribution in [-0.4, -0.2) is 19.8 Å². The highest BCUT2D eigenvalue weighted by atomic mass is 32.2. The molecule has 0 aliphatic carbocycles. The van der Waals surface area contributed by atoms with Gasteiger partial charge in [0.05, 0.1) is 6.26 Å². The van der Waals surface area contributed by atoms with E-state index in [1.807, 2.05) is 18.0 Å². The van der Waals surface area contributed by atoms with Gasteiger partial charge in [-0.25, -0.2) is 0 Å². The standard InChI is InChI=1S/C8H18OSSi/c1-5-10-8-6-7-9-11(2,3)4/h6-7H,5,8H2,1-4H3/b7-6-. The number of thioether (sulfide) groups is 1. The lowest BCUT2D eigenvalue weighted by Gasteiger charge is -2.14. The van der Waals surface area contributed by atoms with E-state index < -0.39 is 8.32 Å². The van der Waals surface area contributed by atoms with Crippen molar-refractivity contribution >= 4 is 20.1 Å². The molecule has 0 saturated carbocycles. The fourth-order valence-corrected chi connectivity index (χ4v) is 1.43. The van der Waals surface area contributed by atoms with Crippen LogP contribution in [0.5, 0.6) is 0 Å². The van der Waals surface area contributed by atoms with E-state index in [0.29, 0.717) is 0 Å². The summed E-state index contributed by atoms with van der Waals surface area (Å²) < 4.78 is 5.52. The molecule has 0 spiro atoms. The fourth-order valence-electron chi connectivity index (χ4n) is 0.477. The van der Waals surface area contributed by atoms with Gasteiger partial charge in [-0.15, -0.1) is 0 Å². The first-order chi connectivity index (χ1) is 5.06. The molecule has 0 aromatic heterocycles. The van der Waals surface area contributed by atoms with Gasteiger partial charge >= 0.3 is 0 Å². The van der Waals surface area contributed by atoms with E-state index in [2.05, 4.69) is 32.6 Å². The van der Waals surface area contributed by atoms with E-state index in [-0.39, 0.29) is 0 Å². The van der Waals surface area contributed by atoms with Gasteiger partial charge in [0.15, 0.2) is 0 Å². The summed E-state index contributed by atoms with van der Waals surface area (Å²) in [5.74, 6) is 2.25. The minimum Gasteiger partial charge on any atom is -0.550 e. The minimum atomic E-state index is -1.31. The predicted molar refractivity (Wildman–Crippen MR) is 56.6 cm³/mol. The summed E-state index contributed by atoms with van der Waals surface area (Å²) >= 11 is 1.91. The van der Waals surface area contributed by atoms with E-state index >= 15 is 0 Å². The molecule has 0 bridgehead atoms. The second-order valence-corrected chi connectivity index (χ2v) is 9.04. The molecular weight excluding hydrogens is 172 g/mol. The van der Waals surface area contributed by atoms with Gasteiger partial charge in [-0.2, -0.15) is 11.8 Å². The Morgan fingerprint density at radius 1 is 1.36 bits per heavy atom. The molecule has 66 valence electrons. The highest BCUT2D eigenvalue weighted by molar-refractivity contribution is 7.99. The Morgan fingerprint density at radius 3 is 2.45 bits per heavy atom. The normalized spacial score (nSPS) is 12.4. The van der Waals surface area contributed by atoms with E-state index in [9.17, 15) is 0 Å². The first-order valence-electron chi connectivity index (χ1n) is 3.97. The molecule has 3 heteroatoms. The Morgan fingerprint density at radius 2 is 2.00 bits per heavy atom. The molecule has 0 atom stereocenters. The lowest BCUT2D eigenvalue weighted by atomic mass is 10.7. The highest BCUT2D eigenvalue weighted by Crippen LogP contribution is 2.04. The Bertz CT molecular complexity index is 118.